The fourth-order valence-electron chi connectivity index (χ4n) is 2.80. The van der Waals surface area contributed by atoms with Gasteiger partial charge in [-0.05, 0) is 49.4 Å². The van der Waals surface area contributed by atoms with Gasteiger partial charge in [0.1, 0.15) is 11.6 Å². The summed E-state index contributed by atoms with van der Waals surface area (Å²) in [7, 11) is 0. The lowest BCUT2D eigenvalue weighted by atomic mass is 10.2. The van der Waals surface area contributed by atoms with Crippen LogP contribution in [0.2, 0.25) is 0 Å². The number of aryl methyl sites for hydroxylation is 1. The molecular formula is C22H17FN4O. The molecule has 28 heavy (non-hydrogen) atoms. The first-order valence-corrected chi connectivity index (χ1v) is 8.76. The van der Waals surface area contributed by atoms with Crippen LogP contribution in [-0.4, -0.2) is 15.9 Å². The van der Waals surface area contributed by atoms with E-state index >= 15 is 0 Å². The average Bonchev–Trinajstić information content (AvgIpc) is 2.69. The molecule has 0 aliphatic heterocycles. The molecule has 5 nitrogen and oxygen atoms in total. The molecule has 0 aliphatic carbocycles. The van der Waals surface area contributed by atoms with Crippen LogP contribution in [0.25, 0.3) is 10.9 Å². The summed E-state index contributed by atoms with van der Waals surface area (Å²) in [6.45, 7) is 2.01. The molecule has 0 bridgehead atoms. The SMILES string of the molecule is Cc1ccc(Nc2nc(C(=O)Nc3cccc(F)c3)nc3ccccc23)cc1. The van der Waals surface area contributed by atoms with Gasteiger partial charge in [0, 0.05) is 16.8 Å². The molecule has 0 aliphatic rings. The van der Waals surface area contributed by atoms with Gasteiger partial charge in [-0.1, -0.05) is 35.9 Å². The first-order chi connectivity index (χ1) is 13.6. The zero-order chi connectivity index (χ0) is 19.5. The Morgan fingerprint density at radius 1 is 0.893 bits per heavy atom. The van der Waals surface area contributed by atoms with E-state index in [1.165, 1.54) is 18.2 Å². The summed E-state index contributed by atoms with van der Waals surface area (Å²) < 4.78 is 13.4. The van der Waals surface area contributed by atoms with Gasteiger partial charge in [0.15, 0.2) is 0 Å². The highest BCUT2D eigenvalue weighted by molar-refractivity contribution is 6.04. The van der Waals surface area contributed by atoms with E-state index < -0.39 is 11.7 Å². The number of anilines is 3. The first kappa shape index (κ1) is 17.6. The molecule has 4 rings (SSSR count). The van der Waals surface area contributed by atoms with Gasteiger partial charge >= 0.3 is 0 Å². The zero-order valence-electron chi connectivity index (χ0n) is 15.1. The van der Waals surface area contributed by atoms with Crippen LogP contribution >= 0.6 is 0 Å². The summed E-state index contributed by atoms with van der Waals surface area (Å²) in [5.41, 5.74) is 2.98. The van der Waals surface area contributed by atoms with E-state index in [0.29, 0.717) is 17.0 Å². The Balaban J connectivity index is 1.70. The number of nitrogens with zero attached hydrogens (tertiary/aromatic N) is 2. The van der Waals surface area contributed by atoms with Crippen LogP contribution in [0.5, 0.6) is 0 Å². The number of para-hydroxylation sites is 1. The van der Waals surface area contributed by atoms with Crippen LogP contribution in [-0.2, 0) is 0 Å². The Kier molecular flexibility index (Phi) is 4.68. The standard InChI is InChI=1S/C22H17FN4O/c1-14-9-11-16(12-10-14)24-20-18-7-2-3-8-19(18)26-21(27-20)22(28)25-17-6-4-5-15(23)13-17/h2-13H,1H3,(H,25,28)(H,24,26,27). The number of carbonyl (C=O) groups excluding carboxylic acids is 1. The van der Waals surface area contributed by atoms with Crippen molar-refractivity contribution in [2.75, 3.05) is 10.6 Å². The number of hydrogen-bond donors (Lipinski definition) is 2. The number of halogens is 1. The molecule has 0 radical (unpaired) electrons. The van der Waals surface area contributed by atoms with Gasteiger partial charge < -0.3 is 10.6 Å². The molecule has 0 fully saturated rings. The topological polar surface area (TPSA) is 66.9 Å². The Labute approximate surface area is 161 Å². The molecule has 1 aromatic heterocycles. The van der Waals surface area contributed by atoms with E-state index in [9.17, 15) is 9.18 Å². The Bertz CT molecular complexity index is 1160. The number of hydrogen-bond acceptors (Lipinski definition) is 4. The van der Waals surface area contributed by atoms with Gasteiger partial charge in [0.25, 0.3) is 5.91 Å². The molecule has 0 unspecified atom stereocenters. The van der Waals surface area contributed by atoms with Crippen molar-refractivity contribution in [1.29, 1.82) is 0 Å². The van der Waals surface area contributed by atoms with E-state index in [-0.39, 0.29) is 5.82 Å². The number of rotatable bonds is 4. The van der Waals surface area contributed by atoms with Gasteiger partial charge in [0.2, 0.25) is 5.82 Å². The Morgan fingerprint density at radius 3 is 2.46 bits per heavy atom. The quantitative estimate of drug-likeness (QED) is 0.525. The van der Waals surface area contributed by atoms with Crippen molar-refractivity contribution < 1.29 is 9.18 Å². The van der Waals surface area contributed by atoms with Gasteiger partial charge in [-0.25, -0.2) is 14.4 Å². The minimum atomic E-state index is -0.511. The van der Waals surface area contributed by atoms with Crippen LogP contribution in [0.4, 0.5) is 21.6 Å². The zero-order valence-corrected chi connectivity index (χ0v) is 15.1. The highest BCUT2D eigenvalue weighted by Crippen LogP contribution is 2.24. The summed E-state index contributed by atoms with van der Waals surface area (Å²) in [5, 5.41) is 6.68. The van der Waals surface area contributed by atoms with Gasteiger partial charge in [0.05, 0.1) is 5.52 Å². The van der Waals surface area contributed by atoms with Crippen LogP contribution < -0.4 is 10.6 Å². The summed E-state index contributed by atoms with van der Waals surface area (Å²) >= 11 is 0. The molecular weight excluding hydrogens is 355 g/mol. The molecule has 0 atom stereocenters. The molecule has 0 spiro atoms. The molecule has 138 valence electrons. The molecule has 0 saturated carbocycles. The molecule has 1 amide bonds. The third-order valence-corrected chi connectivity index (χ3v) is 4.20. The fraction of sp³-hybridized carbons (Fsp3) is 0.0455. The van der Waals surface area contributed by atoms with Crippen molar-refractivity contribution in [3.05, 3.63) is 90.0 Å². The number of carbonyl (C=O) groups is 1. The van der Waals surface area contributed by atoms with Crippen LogP contribution in [0, 0.1) is 12.7 Å². The second kappa shape index (κ2) is 7.44. The van der Waals surface area contributed by atoms with Crippen molar-refractivity contribution >= 4 is 34.0 Å². The first-order valence-electron chi connectivity index (χ1n) is 8.76. The third kappa shape index (κ3) is 3.81. The highest BCUT2D eigenvalue weighted by atomic mass is 19.1. The largest absolute Gasteiger partial charge is 0.340 e. The predicted octanol–water partition coefficient (Wildman–Crippen LogP) is 5.07. The maximum atomic E-state index is 13.4. The van der Waals surface area contributed by atoms with Crippen LogP contribution in [0.3, 0.4) is 0 Å². The number of benzene rings is 3. The van der Waals surface area contributed by atoms with E-state index in [1.54, 1.807) is 6.07 Å². The minimum absolute atomic E-state index is 0.00225. The minimum Gasteiger partial charge on any atom is -0.340 e. The number of fused-ring (bicyclic) bond motifs is 1. The Morgan fingerprint density at radius 2 is 1.68 bits per heavy atom. The molecule has 1 heterocycles. The van der Waals surface area contributed by atoms with E-state index in [0.717, 1.165) is 16.6 Å². The van der Waals surface area contributed by atoms with Gasteiger partial charge in [-0.3, -0.25) is 4.79 Å². The molecule has 0 saturated heterocycles. The molecule has 6 heteroatoms. The Hall–Kier alpha value is -3.80. The van der Waals surface area contributed by atoms with Crippen molar-refractivity contribution in [3.8, 4) is 0 Å². The normalized spacial score (nSPS) is 10.6. The number of nitrogens with one attached hydrogen (secondary N) is 2. The van der Waals surface area contributed by atoms with E-state index in [4.69, 9.17) is 0 Å². The van der Waals surface area contributed by atoms with Crippen LogP contribution in [0.1, 0.15) is 16.2 Å². The van der Waals surface area contributed by atoms with Crippen molar-refractivity contribution in [2.24, 2.45) is 0 Å². The maximum absolute atomic E-state index is 13.4. The second-order valence-electron chi connectivity index (χ2n) is 6.37. The van der Waals surface area contributed by atoms with Crippen molar-refractivity contribution in [2.45, 2.75) is 6.92 Å². The van der Waals surface area contributed by atoms with Gasteiger partial charge in [-0.2, -0.15) is 0 Å². The van der Waals surface area contributed by atoms with Crippen molar-refractivity contribution in [3.63, 3.8) is 0 Å². The monoisotopic (exact) mass is 372 g/mol. The summed E-state index contributed by atoms with van der Waals surface area (Å²) in [6, 6.07) is 21.0. The van der Waals surface area contributed by atoms with Crippen LogP contribution in [0.15, 0.2) is 72.8 Å². The third-order valence-electron chi connectivity index (χ3n) is 4.20. The van der Waals surface area contributed by atoms with Gasteiger partial charge in [-0.15, -0.1) is 0 Å². The summed E-state index contributed by atoms with van der Waals surface area (Å²) in [6.07, 6.45) is 0. The number of aromatic nitrogens is 2. The second-order valence-corrected chi connectivity index (χ2v) is 6.37. The van der Waals surface area contributed by atoms with E-state index in [1.807, 2.05) is 55.5 Å². The lowest BCUT2D eigenvalue weighted by Gasteiger charge is -2.11. The van der Waals surface area contributed by atoms with Crippen molar-refractivity contribution in [1.82, 2.24) is 9.97 Å². The lowest BCUT2D eigenvalue weighted by Crippen LogP contribution is -2.16. The average molecular weight is 372 g/mol. The predicted molar refractivity (Wildman–Crippen MR) is 108 cm³/mol. The molecule has 3 aromatic carbocycles. The maximum Gasteiger partial charge on any atom is 0.293 e. The lowest BCUT2D eigenvalue weighted by molar-refractivity contribution is 0.101. The molecule has 2 N–H and O–H groups in total. The smallest absolute Gasteiger partial charge is 0.293 e. The fourth-order valence-corrected chi connectivity index (χ4v) is 2.80. The molecule has 4 aromatic rings. The highest BCUT2D eigenvalue weighted by Gasteiger charge is 2.15. The summed E-state index contributed by atoms with van der Waals surface area (Å²) in [4.78, 5) is 21.4. The number of amides is 1. The summed E-state index contributed by atoms with van der Waals surface area (Å²) in [5.74, 6) is -0.418. The van der Waals surface area contributed by atoms with E-state index in [2.05, 4.69) is 20.6 Å².